The van der Waals surface area contributed by atoms with Crippen LogP contribution in [0.25, 0.3) is 0 Å². The lowest BCUT2D eigenvalue weighted by atomic mass is 9.82. The van der Waals surface area contributed by atoms with Crippen LogP contribution < -0.4 is 0 Å². The van der Waals surface area contributed by atoms with Crippen molar-refractivity contribution in [2.75, 3.05) is 0 Å². The largest absolute Gasteiger partial charge is 0.207 e. The molecular formula is C11H15F. The van der Waals surface area contributed by atoms with Crippen LogP contribution in [0.15, 0.2) is 24.3 Å². The Morgan fingerprint density at radius 1 is 1.17 bits per heavy atom. The first kappa shape index (κ1) is 9.24. The second kappa shape index (κ2) is 3.26. The van der Waals surface area contributed by atoms with Crippen LogP contribution in [-0.2, 0) is 5.41 Å². The molecule has 1 aromatic rings. The standard InChI is InChI=1S/C11H15F/c1-4-11(2,3)9-5-7-10(12)8-6-9/h5-8H,4H2,1-3H3. The first-order chi connectivity index (χ1) is 5.56. The van der Waals surface area contributed by atoms with Gasteiger partial charge in [-0.2, -0.15) is 0 Å². The molecule has 0 saturated carbocycles. The SMILES string of the molecule is CCC(C)(C)c1ccc(F)cc1. The third kappa shape index (κ3) is 1.84. The molecule has 0 aliphatic heterocycles. The normalized spacial score (nSPS) is 11.7. The van der Waals surface area contributed by atoms with Crippen molar-refractivity contribution < 1.29 is 4.39 Å². The average Bonchev–Trinajstić information content (AvgIpc) is 2.05. The molecule has 66 valence electrons. The molecular weight excluding hydrogens is 151 g/mol. The van der Waals surface area contributed by atoms with Gasteiger partial charge in [0, 0.05) is 0 Å². The lowest BCUT2D eigenvalue weighted by Crippen LogP contribution is -2.14. The Hall–Kier alpha value is -0.850. The van der Waals surface area contributed by atoms with Gasteiger partial charge < -0.3 is 0 Å². The molecule has 0 radical (unpaired) electrons. The lowest BCUT2D eigenvalue weighted by Gasteiger charge is -2.22. The van der Waals surface area contributed by atoms with Gasteiger partial charge in [-0.1, -0.05) is 32.9 Å². The molecule has 0 saturated heterocycles. The highest BCUT2D eigenvalue weighted by Gasteiger charge is 2.17. The van der Waals surface area contributed by atoms with Gasteiger partial charge in [0.1, 0.15) is 5.82 Å². The molecule has 12 heavy (non-hydrogen) atoms. The van der Waals surface area contributed by atoms with Gasteiger partial charge in [-0.15, -0.1) is 0 Å². The molecule has 0 aliphatic carbocycles. The first-order valence-electron chi connectivity index (χ1n) is 4.32. The van der Waals surface area contributed by atoms with Crippen molar-refractivity contribution in [3.8, 4) is 0 Å². The molecule has 1 heteroatoms. The van der Waals surface area contributed by atoms with Gasteiger partial charge >= 0.3 is 0 Å². The summed E-state index contributed by atoms with van der Waals surface area (Å²) in [5, 5.41) is 0. The van der Waals surface area contributed by atoms with E-state index in [-0.39, 0.29) is 11.2 Å². The van der Waals surface area contributed by atoms with Crippen molar-refractivity contribution in [2.24, 2.45) is 0 Å². The van der Waals surface area contributed by atoms with E-state index in [1.165, 1.54) is 17.7 Å². The van der Waals surface area contributed by atoms with Gasteiger partial charge in [0.2, 0.25) is 0 Å². The molecule has 0 fully saturated rings. The fraction of sp³-hybridized carbons (Fsp3) is 0.455. The molecule has 1 rings (SSSR count). The van der Waals surface area contributed by atoms with Crippen LogP contribution in [0.1, 0.15) is 32.8 Å². The molecule has 0 aliphatic rings. The van der Waals surface area contributed by atoms with E-state index in [9.17, 15) is 4.39 Å². The summed E-state index contributed by atoms with van der Waals surface area (Å²) in [6.07, 6.45) is 1.07. The Kier molecular flexibility index (Phi) is 2.51. The zero-order chi connectivity index (χ0) is 9.19. The van der Waals surface area contributed by atoms with E-state index in [1.807, 2.05) is 12.1 Å². The molecule has 0 spiro atoms. The maximum Gasteiger partial charge on any atom is 0.123 e. The van der Waals surface area contributed by atoms with E-state index in [0.29, 0.717) is 0 Å². The lowest BCUT2D eigenvalue weighted by molar-refractivity contribution is 0.504. The molecule has 0 aromatic heterocycles. The van der Waals surface area contributed by atoms with Gasteiger partial charge in [-0.25, -0.2) is 4.39 Å². The molecule has 0 amide bonds. The second-order valence-corrected chi connectivity index (χ2v) is 3.74. The van der Waals surface area contributed by atoms with Gasteiger partial charge in [0.25, 0.3) is 0 Å². The molecule has 0 nitrogen and oxygen atoms in total. The van der Waals surface area contributed by atoms with E-state index in [0.717, 1.165) is 6.42 Å². The quantitative estimate of drug-likeness (QED) is 0.630. The summed E-state index contributed by atoms with van der Waals surface area (Å²) in [7, 11) is 0. The van der Waals surface area contributed by atoms with Crippen LogP contribution in [0, 0.1) is 5.82 Å². The minimum Gasteiger partial charge on any atom is -0.207 e. The summed E-state index contributed by atoms with van der Waals surface area (Å²) in [5.41, 5.74) is 1.36. The monoisotopic (exact) mass is 166 g/mol. The minimum atomic E-state index is -0.161. The maximum atomic E-state index is 12.6. The summed E-state index contributed by atoms with van der Waals surface area (Å²) in [6.45, 7) is 6.48. The summed E-state index contributed by atoms with van der Waals surface area (Å²) >= 11 is 0. The van der Waals surface area contributed by atoms with Crippen molar-refractivity contribution in [1.29, 1.82) is 0 Å². The Balaban J connectivity index is 2.96. The smallest absolute Gasteiger partial charge is 0.123 e. The van der Waals surface area contributed by atoms with Crippen LogP contribution in [0.3, 0.4) is 0 Å². The Morgan fingerprint density at radius 3 is 2.08 bits per heavy atom. The summed E-state index contributed by atoms with van der Waals surface area (Å²) in [5.74, 6) is -0.161. The van der Waals surface area contributed by atoms with Crippen molar-refractivity contribution in [2.45, 2.75) is 32.6 Å². The first-order valence-corrected chi connectivity index (χ1v) is 4.32. The third-order valence-corrected chi connectivity index (χ3v) is 2.51. The number of rotatable bonds is 2. The van der Waals surface area contributed by atoms with Crippen molar-refractivity contribution in [3.05, 3.63) is 35.6 Å². The van der Waals surface area contributed by atoms with E-state index >= 15 is 0 Å². The number of benzene rings is 1. The van der Waals surface area contributed by atoms with Crippen LogP contribution in [0.5, 0.6) is 0 Å². The van der Waals surface area contributed by atoms with E-state index in [4.69, 9.17) is 0 Å². The Bertz CT molecular complexity index is 246. The fourth-order valence-electron chi connectivity index (χ4n) is 1.11. The van der Waals surface area contributed by atoms with Gasteiger partial charge in [-0.05, 0) is 29.5 Å². The number of halogens is 1. The van der Waals surface area contributed by atoms with Gasteiger partial charge in [0.15, 0.2) is 0 Å². The summed E-state index contributed by atoms with van der Waals surface area (Å²) < 4.78 is 12.6. The second-order valence-electron chi connectivity index (χ2n) is 3.74. The zero-order valence-electron chi connectivity index (χ0n) is 7.89. The van der Waals surface area contributed by atoms with Gasteiger partial charge in [0.05, 0.1) is 0 Å². The minimum absolute atomic E-state index is 0.160. The zero-order valence-corrected chi connectivity index (χ0v) is 7.89. The van der Waals surface area contributed by atoms with Crippen LogP contribution in [0.2, 0.25) is 0 Å². The molecule has 0 bridgehead atoms. The third-order valence-electron chi connectivity index (χ3n) is 2.51. The predicted molar refractivity (Wildman–Crippen MR) is 49.7 cm³/mol. The van der Waals surface area contributed by atoms with E-state index in [1.54, 1.807) is 0 Å². The number of hydrogen-bond acceptors (Lipinski definition) is 0. The van der Waals surface area contributed by atoms with Crippen LogP contribution in [-0.4, -0.2) is 0 Å². The Labute approximate surface area is 73.4 Å². The van der Waals surface area contributed by atoms with Crippen molar-refractivity contribution >= 4 is 0 Å². The maximum absolute atomic E-state index is 12.6. The van der Waals surface area contributed by atoms with Crippen molar-refractivity contribution in [3.63, 3.8) is 0 Å². The van der Waals surface area contributed by atoms with Crippen molar-refractivity contribution in [1.82, 2.24) is 0 Å². The summed E-state index contributed by atoms with van der Waals surface area (Å²) in [6, 6.07) is 6.76. The Morgan fingerprint density at radius 2 is 1.67 bits per heavy atom. The molecule has 0 N–H and O–H groups in total. The van der Waals surface area contributed by atoms with Gasteiger partial charge in [-0.3, -0.25) is 0 Å². The molecule has 0 atom stereocenters. The highest BCUT2D eigenvalue weighted by molar-refractivity contribution is 5.23. The number of hydrogen-bond donors (Lipinski definition) is 0. The molecule has 1 aromatic carbocycles. The molecule has 0 heterocycles. The van der Waals surface area contributed by atoms with E-state index < -0.39 is 0 Å². The average molecular weight is 166 g/mol. The fourth-order valence-corrected chi connectivity index (χ4v) is 1.11. The topological polar surface area (TPSA) is 0 Å². The van der Waals surface area contributed by atoms with Crippen LogP contribution in [0.4, 0.5) is 4.39 Å². The molecule has 0 unspecified atom stereocenters. The van der Waals surface area contributed by atoms with E-state index in [2.05, 4.69) is 20.8 Å². The predicted octanol–water partition coefficient (Wildman–Crippen LogP) is 3.51. The highest BCUT2D eigenvalue weighted by atomic mass is 19.1. The summed E-state index contributed by atoms with van der Waals surface area (Å²) in [4.78, 5) is 0. The highest BCUT2D eigenvalue weighted by Crippen LogP contribution is 2.26. The van der Waals surface area contributed by atoms with Crippen LogP contribution >= 0.6 is 0 Å².